The van der Waals surface area contributed by atoms with E-state index in [1.165, 1.54) is 0 Å². The molecule has 0 fully saturated rings. The molecule has 0 aliphatic heterocycles. The minimum Gasteiger partial charge on any atom is -0.264 e. The smallest absolute Gasteiger partial charge is 0.225 e. The monoisotopic (exact) mass is 244 g/mol. The fourth-order valence-corrected chi connectivity index (χ4v) is 1.03. The van der Waals surface area contributed by atoms with Gasteiger partial charge in [0, 0.05) is 19.7 Å². The molecule has 92 valence electrons. The normalized spacial score (nSPS) is 12.7. The largest absolute Gasteiger partial charge is 0.264 e. The van der Waals surface area contributed by atoms with Gasteiger partial charge in [-0.3, -0.25) is 20.2 Å². The number of rotatable bonds is 8. The van der Waals surface area contributed by atoms with Crippen LogP contribution in [0.5, 0.6) is 0 Å². The molecule has 0 aromatic rings. The Hall–Kier alpha value is -2.58. The molecule has 0 saturated heterocycles. The van der Waals surface area contributed by atoms with Gasteiger partial charge < -0.3 is 0 Å². The molecule has 17 heavy (non-hydrogen) atoms. The quantitative estimate of drug-likeness (QED) is 0.205. The Morgan fingerprint density at radius 2 is 1.35 bits per heavy atom. The van der Waals surface area contributed by atoms with Crippen molar-refractivity contribution in [3.05, 3.63) is 41.1 Å². The second kappa shape index (κ2) is 7.68. The molecule has 0 spiro atoms. The summed E-state index contributed by atoms with van der Waals surface area (Å²) in [5, 5.41) is 27.1. The second-order valence-corrected chi connectivity index (χ2v) is 2.94. The van der Waals surface area contributed by atoms with Crippen molar-refractivity contribution < 1.29 is 9.85 Å². The summed E-state index contributed by atoms with van der Waals surface area (Å²) in [5.41, 5.74) is 16.0. The third-order valence-electron chi connectivity index (χ3n) is 1.85. The van der Waals surface area contributed by atoms with E-state index in [0.717, 1.165) is 0 Å². The molecule has 0 radical (unpaired) electrons. The molecule has 0 saturated carbocycles. The molecular formula is C5H8N8O4. The fourth-order valence-electron chi connectivity index (χ4n) is 1.03. The van der Waals surface area contributed by atoms with Crippen LogP contribution in [-0.4, -0.2) is 35.0 Å². The minimum absolute atomic E-state index is 0.460. The molecule has 0 rings (SSSR count). The topological polar surface area (TPSA) is 184 Å². The van der Waals surface area contributed by atoms with Crippen LogP contribution < -0.4 is 0 Å². The molecule has 12 heteroatoms. The summed E-state index contributed by atoms with van der Waals surface area (Å²) in [6.07, 6.45) is -0.460. The van der Waals surface area contributed by atoms with Gasteiger partial charge in [-0.2, -0.15) is 0 Å². The van der Waals surface area contributed by atoms with Crippen LogP contribution in [0.15, 0.2) is 10.2 Å². The first-order valence-corrected chi connectivity index (χ1v) is 4.31. The number of nitro groups is 2. The first kappa shape index (κ1) is 14.4. The Morgan fingerprint density at radius 1 is 1.00 bits per heavy atom. The van der Waals surface area contributed by atoms with Gasteiger partial charge in [0.1, 0.15) is 0 Å². The Labute approximate surface area is 93.8 Å². The van der Waals surface area contributed by atoms with Crippen molar-refractivity contribution in [2.45, 2.75) is 18.5 Å². The Bertz CT molecular complexity index is 347. The van der Waals surface area contributed by atoms with Gasteiger partial charge in [-0.25, -0.2) is 0 Å². The summed E-state index contributed by atoms with van der Waals surface area (Å²) in [6.45, 7) is -0.964. The highest BCUT2D eigenvalue weighted by Gasteiger charge is 2.30. The molecule has 0 aromatic heterocycles. The van der Waals surface area contributed by atoms with Gasteiger partial charge in [0.05, 0.1) is 19.5 Å². The fraction of sp³-hybridized carbons (Fsp3) is 1.00. The molecule has 0 bridgehead atoms. The Kier molecular flexibility index (Phi) is 6.51. The molecule has 0 aliphatic rings. The number of nitrogens with zero attached hydrogens (tertiary/aromatic N) is 8. The lowest BCUT2D eigenvalue weighted by Crippen LogP contribution is -2.33. The van der Waals surface area contributed by atoms with Crippen LogP contribution in [0.2, 0.25) is 0 Å². The number of hydrogen-bond acceptors (Lipinski definition) is 6. The highest BCUT2D eigenvalue weighted by Crippen LogP contribution is 2.07. The van der Waals surface area contributed by atoms with Crippen molar-refractivity contribution in [3.63, 3.8) is 0 Å². The first-order chi connectivity index (χ1) is 8.02. The third kappa shape index (κ3) is 5.77. The van der Waals surface area contributed by atoms with Crippen LogP contribution in [0, 0.1) is 20.2 Å². The van der Waals surface area contributed by atoms with Crippen molar-refractivity contribution in [1.82, 2.24) is 0 Å². The highest BCUT2D eigenvalue weighted by molar-refractivity contribution is 4.70. The zero-order valence-corrected chi connectivity index (χ0v) is 8.49. The minimum atomic E-state index is -1.37. The summed E-state index contributed by atoms with van der Waals surface area (Å²) < 4.78 is 0. The van der Waals surface area contributed by atoms with E-state index in [1.54, 1.807) is 0 Å². The number of hydrogen-bond donors (Lipinski definition) is 0. The first-order valence-electron chi connectivity index (χ1n) is 4.31. The van der Waals surface area contributed by atoms with E-state index in [4.69, 9.17) is 11.1 Å². The van der Waals surface area contributed by atoms with E-state index in [2.05, 4.69) is 20.1 Å². The molecule has 2 unspecified atom stereocenters. The van der Waals surface area contributed by atoms with E-state index < -0.39 is 41.4 Å². The number of azide groups is 2. The third-order valence-corrected chi connectivity index (χ3v) is 1.85. The van der Waals surface area contributed by atoms with Gasteiger partial charge in [-0.1, -0.05) is 10.2 Å². The van der Waals surface area contributed by atoms with Crippen molar-refractivity contribution >= 4 is 0 Å². The lowest BCUT2D eigenvalue weighted by Gasteiger charge is -2.09. The summed E-state index contributed by atoms with van der Waals surface area (Å²) in [5.74, 6) is 0. The van der Waals surface area contributed by atoms with Gasteiger partial charge in [-0.05, 0) is 11.1 Å². The van der Waals surface area contributed by atoms with E-state index in [0.29, 0.717) is 0 Å². The van der Waals surface area contributed by atoms with E-state index in [-0.39, 0.29) is 0 Å². The van der Waals surface area contributed by atoms with Gasteiger partial charge in [0.2, 0.25) is 12.1 Å². The van der Waals surface area contributed by atoms with Crippen molar-refractivity contribution in [3.8, 4) is 0 Å². The lowest BCUT2D eigenvalue weighted by atomic mass is 10.1. The lowest BCUT2D eigenvalue weighted by molar-refractivity contribution is -0.556. The van der Waals surface area contributed by atoms with Crippen LogP contribution in [-0.2, 0) is 0 Å². The molecule has 0 aromatic carbocycles. The van der Waals surface area contributed by atoms with Gasteiger partial charge in [-0.15, -0.1) is 0 Å². The van der Waals surface area contributed by atoms with E-state index in [1.807, 2.05) is 0 Å². The summed E-state index contributed by atoms with van der Waals surface area (Å²) in [6, 6.07) is -2.73. The van der Waals surface area contributed by atoms with Gasteiger partial charge in [0.25, 0.3) is 0 Å². The predicted octanol–water partition coefficient (Wildman–Crippen LogP) is 1.29. The maximum Gasteiger partial charge on any atom is 0.225 e. The molecule has 0 aliphatic carbocycles. The van der Waals surface area contributed by atoms with Crippen LogP contribution >= 0.6 is 0 Å². The van der Waals surface area contributed by atoms with Crippen LogP contribution in [0.4, 0.5) is 0 Å². The standard InChI is InChI=1S/C5H8N8O4/c6-10-8-2-4(12(14)15)1-5(13(16)17)3-9-11-7/h4-5H,1-3H2. The summed E-state index contributed by atoms with van der Waals surface area (Å²) >= 11 is 0. The highest BCUT2D eigenvalue weighted by atomic mass is 16.6. The molecule has 0 heterocycles. The Morgan fingerprint density at radius 3 is 1.59 bits per heavy atom. The average molecular weight is 244 g/mol. The average Bonchev–Trinajstić information content (AvgIpc) is 2.27. The molecule has 12 nitrogen and oxygen atoms in total. The molecule has 0 amide bonds. The van der Waals surface area contributed by atoms with Gasteiger partial charge >= 0.3 is 0 Å². The maximum atomic E-state index is 10.5. The van der Waals surface area contributed by atoms with Crippen molar-refractivity contribution in [2.75, 3.05) is 13.1 Å². The van der Waals surface area contributed by atoms with E-state index in [9.17, 15) is 20.2 Å². The SMILES string of the molecule is [N-]=[N+]=NCC(CC(CN=[N+]=[N-])[N+](=O)[O-])[N+](=O)[O-]. The second-order valence-electron chi connectivity index (χ2n) is 2.94. The zero-order valence-electron chi connectivity index (χ0n) is 8.49. The zero-order chi connectivity index (χ0) is 13.3. The van der Waals surface area contributed by atoms with Crippen LogP contribution in [0.1, 0.15) is 6.42 Å². The van der Waals surface area contributed by atoms with Crippen LogP contribution in [0.3, 0.4) is 0 Å². The summed E-state index contributed by atoms with van der Waals surface area (Å²) in [7, 11) is 0. The van der Waals surface area contributed by atoms with Crippen molar-refractivity contribution in [1.29, 1.82) is 0 Å². The van der Waals surface area contributed by atoms with E-state index >= 15 is 0 Å². The molecular weight excluding hydrogens is 236 g/mol. The molecule has 0 N–H and O–H groups in total. The maximum absolute atomic E-state index is 10.5. The van der Waals surface area contributed by atoms with Crippen molar-refractivity contribution in [2.24, 2.45) is 10.2 Å². The predicted molar refractivity (Wildman–Crippen MR) is 54.2 cm³/mol. The summed E-state index contributed by atoms with van der Waals surface area (Å²) in [4.78, 5) is 24.2. The van der Waals surface area contributed by atoms with Crippen LogP contribution in [0.25, 0.3) is 20.9 Å². The molecule has 2 atom stereocenters. The van der Waals surface area contributed by atoms with Gasteiger partial charge in [0.15, 0.2) is 0 Å². The Balaban J connectivity index is 4.65.